The molecule has 0 amide bonds. The summed E-state index contributed by atoms with van der Waals surface area (Å²) in [5, 5.41) is 0. The van der Waals surface area contributed by atoms with Gasteiger partial charge in [-0.25, -0.2) is 0 Å². The second kappa shape index (κ2) is 8.65. The topological polar surface area (TPSA) is 23.6 Å². The van der Waals surface area contributed by atoms with Gasteiger partial charge in [-0.15, -0.1) is 0 Å². The number of Topliss-reactive ketones (excluding diaryl/α,β-unsaturated/α-hetero) is 1. The first kappa shape index (κ1) is 15.6. The van der Waals surface area contributed by atoms with Crippen molar-refractivity contribution >= 4 is 5.78 Å². The Morgan fingerprint density at radius 1 is 1.11 bits per heavy atom. The molecule has 0 saturated carbocycles. The highest BCUT2D eigenvalue weighted by Crippen LogP contribution is 2.13. The van der Waals surface area contributed by atoms with Crippen LogP contribution in [0, 0.1) is 0 Å². The van der Waals surface area contributed by atoms with Crippen molar-refractivity contribution in [1.29, 1.82) is 0 Å². The predicted molar refractivity (Wildman–Crippen MR) is 76.9 cm³/mol. The van der Waals surface area contributed by atoms with Crippen molar-refractivity contribution in [3.8, 4) is 0 Å². The summed E-state index contributed by atoms with van der Waals surface area (Å²) in [7, 11) is 4.29. The fourth-order valence-corrected chi connectivity index (χ4v) is 2.61. The van der Waals surface area contributed by atoms with Crippen LogP contribution in [0.15, 0.2) is 0 Å². The third kappa shape index (κ3) is 5.96. The number of carbonyl (C=O) groups is 1. The molecule has 0 N–H and O–H groups in total. The Morgan fingerprint density at radius 3 is 2.56 bits per heavy atom. The van der Waals surface area contributed by atoms with Crippen molar-refractivity contribution in [2.24, 2.45) is 0 Å². The largest absolute Gasteiger partial charge is 0.304 e. The van der Waals surface area contributed by atoms with Gasteiger partial charge in [-0.1, -0.05) is 32.6 Å². The highest BCUT2D eigenvalue weighted by Gasteiger charge is 2.23. The molecule has 3 heteroatoms. The molecule has 0 radical (unpaired) electrons. The van der Waals surface area contributed by atoms with Crippen LogP contribution in [0.25, 0.3) is 0 Å². The molecule has 106 valence electrons. The van der Waals surface area contributed by atoms with Gasteiger partial charge >= 0.3 is 0 Å². The first-order valence-electron chi connectivity index (χ1n) is 7.54. The first-order valence-corrected chi connectivity index (χ1v) is 7.54. The predicted octanol–water partition coefficient (Wildman–Crippen LogP) is 2.55. The Kier molecular flexibility index (Phi) is 7.52. The van der Waals surface area contributed by atoms with Crippen LogP contribution in [-0.4, -0.2) is 55.4 Å². The Hall–Kier alpha value is -0.410. The standard InChI is InChI=1S/C15H30N2O/c1-4-5-6-7-8-9-15(18)12-14-13-16(2)10-11-17(14)3/h14H,4-13H2,1-3H3. The van der Waals surface area contributed by atoms with Crippen molar-refractivity contribution in [3.63, 3.8) is 0 Å². The molecule has 1 aliphatic heterocycles. The van der Waals surface area contributed by atoms with E-state index in [0.29, 0.717) is 11.8 Å². The van der Waals surface area contributed by atoms with Crippen LogP contribution >= 0.6 is 0 Å². The number of ketones is 1. The van der Waals surface area contributed by atoms with Gasteiger partial charge < -0.3 is 9.80 Å². The van der Waals surface area contributed by atoms with E-state index < -0.39 is 0 Å². The lowest BCUT2D eigenvalue weighted by Gasteiger charge is -2.37. The van der Waals surface area contributed by atoms with Crippen molar-refractivity contribution in [1.82, 2.24) is 9.80 Å². The fourth-order valence-electron chi connectivity index (χ4n) is 2.61. The van der Waals surface area contributed by atoms with Crippen LogP contribution in [0.5, 0.6) is 0 Å². The number of nitrogens with zero attached hydrogens (tertiary/aromatic N) is 2. The van der Waals surface area contributed by atoms with Crippen LogP contribution in [0.4, 0.5) is 0 Å². The van der Waals surface area contributed by atoms with Crippen LogP contribution in [0.1, 0.15) is 51.9 Å². The average Bonchev–Trinajstić information content (AvgIpc) is 2.33. The fraction of sp³-hybridized carbons (Fsp3) is 0.933. The zero-order chi connectivity index (χ0) is 13.4. The van der Waals surface area contributed by atoms with E-state index in [0.717, 1.165) is 38.9 Å². The molecular formula is C15H30N2O. The minimum absolute atomic E-state index is 0.437. The number of unbranched alkanes of at least 4 members (excludes halogenated alkanes) is 4. The second-order valence-electron chi connectivity index (χ2n) is 5.80. The number of likely N-dealkylation sites (N-methyl/N-ethyl adjacent to an activating group) is 2. The molecule has 1 rings (SSSR count). The summed E-state index contributed by atoms with van der Waals surface area (Å²) >= 11 is 0. The molecule has 3 nitrogen and oxygen atoms in total. The SMILES string of the molecule is CCCCCCCC(=O)CC1CN(C)CCN1C. The molecule has 0 bridgehead atoms. The monoisotopic (exact) mass is 254 g/mol. The Bertz CT molecular complexity index is 243. The van der Waals surface area contributed by atoms with Gasteiger partial charge in [-0.3, -0.25) is 4.79 Å². The van der Waals surface area contributed by atoms with Gasteiger partial charge in [0.1, 0.15) is 5.78 Å². The van der Waals surface area contributed by atoms with E-state index in [2.05, 4.69) is 30.8 Å². The van der Waals surface area contributed by atoms with E-state index in [1.54, 1.807) is 0 Å². The van der Waals surface area contributed by atoms with Gasteiger partial charge in [0.25, 0.3) is 0 Å². The molecule has 0 aromatic rings. The van der Waals surface area contributed by atoms with Gasteiger partial charge in [0.2, 0.25) is 0 Å². The number of hydrogen-bond donors (Lipinski definition) is 0. The van der Waals surface area contributed by atoms with E-state index in [4.69, 9.17) is 0 Å². The van der Waals surface area contributed by atoms with Crippen LogP contribution < -0.4 is 0 Å². The van der Waals surface area contributed by atoms with Gasteiger partial charge in [0.15, 0.2) is 0 Å². The van der Waals surface area contributed by atoms with Crippen molar-refractivity contribution in [2.45, 2.75) is 57.9 Å². The first-order chi connectivity index (χ1) is 8.63. The smallest absolute Gasteiger partial charge is 0.134 e. The molecule has 1 fully saturated rings. The van der Waals surface area contributed by atoms with Crippen molar-refractivity contribution < 1.29 is 4.79 Å². The maximum Gasteiger partial charge on any atom is 0.134 e. The molecule has 0 aromatic carbocycles. The highest BCUT2D eigenvalue weighted by atomic mass is 16.1. The lowest BCUT2D eigenvalue weighted by molar-refractivity contribution is -0.120. The Balaban J connectivity index is 2.14. The summed E-state index contributed by atoms with van der Waals surface area (Å²) in [4.78, 5) is 16.6. The minimum Gasteiger partial charge on any atom is -0.304 e. The molecule has 1 atom stereocenters. The van der Waals surface area contributed by atoms with Crippen molar-refractivity contribution in [3.05, 3.63) is 0 Å². The van der Waals surface area contributed by atoms with Crippen molar-refractivity contribution in [2.75, 3.05) is 33.7 Å². The summed E-state index contributed by atoms with van der Waals surface area (Å²) in [6.45, 7) is 5.47. The van der Waals surface area contributed by atoms with Crippen LogP contribution in [-0.2, 0) is 4.79 Å². The molecule has 0 aliphatic carbocycles. The zero-order valence-electron chi connectivity index (χ0n) is 12.5. The zero-order valence-corrected chi connectivity index (χ0v) is 12.5. The minimum atomic E-state index is 0.437. The van der Waals surface area contributed by atoms with Crippen LogP contribution in [0.2, 0.25) is 0 Å². The third-order valence-corrected chi connectivity index (χ3v) is 4.00. The van der Waals surface area contributed by atoms with E-state index in [-0.39, 0.29) is 0 Å². The highest BCUT2D eigenvalue weighted by molar-refractivity contribution is 5.79. The maximum absolute atomic E-state index is 12.0. The summed E-state index contributed by atoms with van der Waals surface area (Å²) in [6.07, 6.45) is 7.71. The summed E-state index contributed by atoms with van der Waals surface area (Å²) < 4.78 is 0. The average molecular weight is 254 g/mol. The number of carbonyl (C=O) groups excluding carboxylic acids is 1. The van der Waals surface area contributed by atoms with Gasteiger partial charge in [0.05, 0.1) is 0 Å². The third-order valence-electron chi connectivity index (χ3n) is 4.00. The second-order valence-corrected chi connectivity index (χ2v) is 5.80. The maximum atomic E-state index is 12.0. The quantitative estimate of drug-likeness (QED) is 0.622. The van der Waals surface area contributed by atoms with E-state index in [1.165, 1.54) is 25.7 Å². The van der Waals surface area contributed by atoms with Crippen LogP contribution in [0.3, 0.4) is 0 Å². The van der Waals surface area contributed by atoms with E-state index in [1.807, 2.05) is 0 Å². The van der Waals surface area contributed by atoms with Gasteiger partial charge in [-0.05, 0) is 20.5 Å². The molecule has 18 heavy (non-hydrogen) atoms. The van der Waals surface area contributed by atoms with E-state index in [9.17, 15) is 4.79 Å². The lowest BCUT2D eigenvalue weighted by Crippen LogP contribution is -2.50. The Labute approximate surface area is 113 Å². The summed E-state index contributed by atoms with van der Waals surface area (Å²) in [5.41, 5.74) is 0. The summed E-state index contributed by atoms with van der Waals surface area (Å²) in [5.74, 6) is 0.457. The molecule has 1 unspecified atom stereocenters. The number of piperazine rings is 1. The number of rotatable bonds is 8. The Morgan fingerprint density at radius 2 is 1.83 bits per heavy atom. The van der Waals surface area contributed by atoms with E-state index >= 15 is 0 Å². The lowest BCUT2D eigenvalue weighted by atomic mass is 10.0. The normalized spacial score (nSPS) is 22.3. The van der Waals surface area contributed by atoms with Gasteiger partial charge in [-0.2, -0.15) is 0 Å². The summed E-state index contributed by atoms with van der Waals surface area (Å²) in [6, 6.07) is 0.437. The number of hydrogen-bond acceptors (Lipinski definition) is 3. The molecule has 1 heterocycles. The molecule has 0 aromatic heterocycles. The van der Waals surface area contributed by atoms with Gasteiger partial charge in [0, 0.05) is 38.5 Å². The molecule has 0 spiro atoms. The molecule has 1 aliphatic rings. The molecular weight excluding hydrogens is 224 g/mol. The molecule has 1 saturated heterocycles.